The van der Waals surface area contributed by atoms with E-state index in [-0.39, 0.29) is 18.5 Å². The highest BCUT2D eigenvalue weighted by atomic mass is 19.4. The molecule has 10 heteroatoms. The third kappa shape index (κ3) is 6.32. The van der Waals surface area contributed by atoms with Gasteiger partial charge in [-0.3, -0.25) is 4.79 Å². The molecule has 0 saturated carbocycles. The molecule has 3 nitrogen and oxygen atoms in total. The van der Waals surface area contributed by atoms with Crippen molar-refractivity contribution in [2.24, 2.45) is 0 Å². The number of amides is 1. The number of halogens is 7. The summed E-state index contributed by atoms with van der Waals surface area (Å²) in [5.41, 5.74) is -5.98. The third-order valence-electron chi connectivity index (χ3n) is 3.90. The maximum Gasteiger partial charge on any atom is 0.430 e. The van der Waals surface area contributed by atoms with E-state index in [0.29, 0.717) is 17.7 Å². The smallest absolute Gasteiger partial charge is 0.369 e. The Labute approximate surface area is 169 Å². The minimum atomic E-state index is -5.98. The molecule has 0 aromatic heterocycles. The monoisotopic (exact) mass is 441 g/mol. The van der Waals surface area contributed by atoms with Crippen LogP contribution in [0.15, 0.2) is 48.1 Å². The molecule has 0 saturated heterocycles. The Hall–Kier alpha value is -2.36. The molecule has 2 N–H and O–H groups in total. The average Bonchev–Trinajstić information content (AvgIpc) is 2.62. The molecular weight excluding hydrogens is 419 g/mol. The van der Waals surface area contributed by atoms with E-state index in [9.17, 15) is 40.6 Å². The van der Waals surface area contributed by atoms with Crippen LogP contribution >= 0.6 is 0 Å². The number of benzene rings is 1. The van der Waals surface area contributed by atoms with Crippen molar-refractivity contribution in [1.29, 1.82) is 0 Å². The van der Waals surface area contributed by atoms with E-state index in [0.717, 1.165) is 12.1 Å². The van der Waals surface area contributed by atoms with Gasteiger partial charge in [0, 0.05) is 17.7 Å². The number of rotatable bonds is 4. The van der Waals surface area contributed by atoms with Crippen LogP contribution < -0.4 is 5.32 Å². The quantitative estimate of drug-likeness (QED) is 0.566. The van der Waals surface area contributed by atoms with Gasteiger partial charge in [-0.25, -0.2) is 4.39 Å². The van der Waals surface area contributed by atoms with E-state index < -0.39 is 35.6 Å². The van der Waals surface area contributed by atoms with E-state index in [1.54, 1.807) is 0 Å². The minimum Gasteiger partial charge on any atom is -0.369 e. The van der Waals surface area contributed by atoms with Gasteiger partial charge in [-0.05, 0) is 17.7 Å². The van der Waals surface area contributed by atoms with E-state index in [2.05, 4.69) is 19.2 Å². The molecule has 0 aliphatic heterocycles. The van der Waals surface area contributed by atoms with Crippen molar-refractivity contribution in [3.63, 3.8) is 0 Å². The second-order valence-electron chi connectivity index (χ2n) is 6.61. The number of anilines is 1. The topological polar surface area (TPSA) is 49.3 Å². The Bertz CT molecular complexity index is 751. The lowest BCUT2D eigenvalue weighted by Gasteiger charge is -2.32. The maximum absolute atomic E-state index is 12.9. The summed E-state index contributed by atoms with van der Waals surface area (Å²) in [6.45, 7) is 4.25. The molecule has 1 unspecified atom stereocenters. The average molecular weight is 441 g/mol. The van der Waals surface area contributed by atoms with E-state index in [1.165, 1.54) is 24.6 Å². The van der Waals surface area contributed by atoms with Crippen molar-refractivity contribution < 1.29 is 40.6 Å². The highest BCUT2D eigenvalue weighted by Crippen LogP contribution is 2.50. The van der Waals surface area contributed by atoms with Crippen molar-refractivity contribution in [3.8, 4) is 0 Å². The number of aliphatic hydroxyl groups is 1. The van der Waals surface area contributed by atoms with Crippen LogP contribution in [0.4, 0.5) is 36.4 Å². The summed E-state index contributed by atoms with van der Waals surface area (Å²) in [4.78, 5) is 11.9. The number of carbonyl (C=O) groups is 1. The summed E-state index contributed by atoms with van der Waals surface area (Å²) in [6.07, 6.45) is -7.67. The molecule has 1 aliphatic rings. The Morgan fingerprint density at radius 3 is 1.97 bits per heavy atom. The van der Waals surface area contributed by atoms with E-state index >= 15 is 0 Å². The normalized spacial score (nSPS) is 17.0. The van der Waals surface area contributed by atoms with Gasteiger partial charge in [0.1, 0.15) is 6.17 Å². The third-order valence-corrected chi connectivity index (χ3v) is 3.90. The molecule has 30 heavy (non-hydrogen) atoms. The summed E-state index contributed by atoms with van der Waals surface area (Å²) >= 11 is 0. The van der Waals surface area contributed by atoms with Gasteiger partial charge in [0.25, 0.3) is 5.60 Å². The van der Waals surface area contributed by atoms with Gasteiger partial charge < -0.3 is 10.4 Å². The second-order valence-corrected chi connectivity index (χ2v) is 6.61. The largest absolute Gasteiger partial charge is 0.430 e. The van der Waals surface area contributed by atoms with Crippen LogP contribution in [0.5, 0.6) is 0 Å². The molecule has 1 atom stereocenters. The maximum atomic E-state index is 12.9. The summed E-state index contributed by atoms with van der Waals surface area (Å²) in [6, 6.07) is 2.50. The van der Waals surface area contributed by atoms with Gasteiger partial charge in [-0.1, -0.05) is 50.6 Å². The van der Waals surface area contributed by atoms with Crippen molar-refractivity contribution in [1.82, 2.24) is 0 Å². The lowest BCUT2D eigenvalue weighted by atomic mass is 9.92. The number of hydrogen-bond acceptors (Lipinski definition) is 2. The van der Waals surface area contributed by atoms with E-state index in [4.69, 9.17) is 0 Å². The van der Waals surface area contributed by atoms with Gasteiger partial charge >= 0.3 is 12.4 Å². The fraction of sp³-hybridized carbons (Fsp3) is 0.450. The first kappa shape index (κ1) is 25.7. The molecule has 1 aliphatic carbocycles. The predicted octanol–water partition coefficient (Wildman–Crippen LogP) is 5.97. The molecule has 0 heterocycles. The van der Waals surface area contributed by atoms with Crippen LogP contribution in [-0.4, -0.2) is 29.5 Å². The van der Waals surface area contributed by atoms with Gasteiger partial charge in [0.2, 0.25) is 5.91 Å². The summed E-state index contributed by atoms with van der Waals surface area (Å²) in [5, 5.41) is 11.6. The van der Waals surface area contributed by atoms with Gasteiger partial charge in [-0.2, -0.15) is 26.3 Å². The molecular formula is C20H22F7NO2. The molecule has 1 aromatic rings. The Kier molecular flexibility index (Phi) is 8.64. The first-order chi connectivity index (χ1) is 13.8. The van der Waals surface area contributed by atoms with Gasteiger partial charge in [0.15, 0.2) is 0 Å². The fourth-order valence-corrected chi connectivity index (χ4v) is 2.44. The molecule has 2 rings (SSSR count). The van der Waals surface area contributed by atoms with E-state index in [1.807, 2.05) is 0 Å². The molecule has 0 spiro atoms. The lowest BCUT2D eigenvalue weighted by molar-refractivity contribution is -0.376. The number of carbonyl (C=O) groups excluding carboxylic acids is 1. The zero-order valence-corrected chi connectivity index (χ0v) is 16.2. The molecule has 0 radical (unpaired) electrons. The zero-order valence-electron chi connectivity index (χ0n) is 16.2. The Balaban J connectivity index is 0.00000141. The van der Waals surface area contributed by atoms with Crippen molar-refractivity contribution in [3.05, 3.63) is 53.6 Å². The summed E-state index contributed by atoms with van der Waals surface area (Å²) < 4.78 is 89.8. The standard InChI is InChI=1S/C17H14F7NO2.C3H8/c18-12-5-1-10(2-6-12)9-14(26)25-13-7-3-11(4-8-13)15(27,16(19,20)21)17(22,23)24;1-3-2/h1-5,7-8,12,27H,6,9H2,(H,25,26);3H2,1-2H3. The van der Waals surface area contributed by atoms with Crippen molar-refractivity contribution in [2.45, 2.75) is 57.2 Å². The Morgan fingerprint density at radius 2 is 1.57 bits per heavy atom. The SMILES string of the molecule is CCC.O=C(CC1=CCC(F)C=C1)Nc1ccc(C(O)(C(F)(F)F)C(F)(F)F)cc1. The molecule has 1 amide bonds. The highest BCUT2D eigenvalue weighted by molar-refractivity contribution is 5.92. The van der Waals surface area contributed by atoms with Crippen LogP contribution in [0.3, 0.4) is 0 Å². The first-order valence-electron chi connectivity index (χ1n) is 9.03. The zero-order chi connectivity index (χ0) is 23.2. The lowest BCUT2D eigenvalue weighted by Crippen LogP contribution is -2.53. The Morgan fingerprint density at radius 1 is 1.07 bits per heavy atom. The second kappa shape index (κ2) is 10.1. The van der Waals surface area contributed by atoms with Crippen LogP contribution in [0, 0.1) is 0 Å². The molecule has 1 aromatic carbocycles. The number of hydrogen-bond donors (Lipinski definition) is 2. The van der Waals surface area contributed by atoms with Crippen LogP contribution in [0.2, 0.25) is 0 Å². The predicted molar refractivity (Wildman–Crippen MR) is 98.4 cm³/mol. The number of nitrogens with one attached hydrogen (secondary N) is 1. The summed E-state index contributed by atoms with van der Waals surface area (Å²) in [5.74, 6) is -0.585. The minimum absolute atomic E-state index is 0.0563. The van der Waals surface area contributed by atoms with Crippen molar-refractivity contribution >= 4 is 11.6 Å². The number of alkyl halides is 7. The van der Waals surface area contributed by atoms with Gasteiger partial charge in [0.05, 0.1) is 6.42 Å². The van der Waals surface area contributed by atoms with Crippen LogP contribution in [0.1, 0.15) is 38.7 Å². The van der Waals surface area contributed by atoms with Crippen LogP contribution in [0.25, 0.3) is 0 Å². The summed E-state index contributed by atoms with van der Waals surface area (Å²) in [7, 11) is 0. The van der Waals surface area contributed by atoms with Crippen molar-refractivity contribution in [2.75, 3.05) is 5.32 Å². The fourth-order valence-electron chi connectivity index (χ4n) is 2.44. The molecule has 0 bridgehead atoms. The molecule has 168 valence electrons. The number of allylic oxidation sites excluding steroid dienone is 3. The van der Waals surface area contributed by atoms with Crippen LogP contribution in [-0.2, 0) is 10.4 Å². The molecule has 0 fully saturated rings. The first-order valence-corrected chi connectivity index (χ1v) is 9.03. The van der Waals surface area contributed by atoms with Gasteiger partial charge in [-0.15, -0.1) is 0 Å². The highest BCUT2D eigenvalue weighted by Gasteiger charge is 2.71.